The van der Waals surface area contributed by atoms with E-state index in [0.717, 1.165) is 12.8 Å². The fraction of sp³-hybridized carbons (Fsp3) is 0.467. The van der Waals surface area contributed by atoms with Gasteiger partial charge in [-0.25, -0.2) is 0 Å². The summed E-state index contributed by atoms with van der Waals surface area (Å²) in [5.74, 6) is -0.111. The highest BCUT2D eigenvalue weighted by Gasteiger charge is 2.35. The number of amides is 1. The van der Waals surface area contributed by atoms with Gasteiger partial charge in [0.25, 0.3) is 5.91 Å². The number of rotatable bonds is 6. The van der Waals surface area contributed by atoms with Crippen molar-refractivity contribution in [2.24, 2.45) is 0 Å². The Hall–Kier alpha value is -2.24. The fourth-order valence-corrected chi connectivity index (χ4v) is 2.10. The molecule has 1 saturated carbocycles. The van der Waals surface area contributed by atoms with Crippen LogP contribution in [0.1, 0.15) is 30.1 Å². The lowest BCUT2D eigenvalue weighted by atomic mass is 10.1. The van der Waals surface area contributed by atoms with Gasteiger partial charge in [0.15, 0.2) is 0 Å². The highest BCUT2D eigenvalue weighted by molar-refractivity contribution is 6.01. The van der Waals surface area contributed by atoms with Gasteiger partial charge in [-0.15, -0.1) is 0 Å². The van der Waals surface area contributed by atoms with Gasteiger partial charge in [0.05, 0.1) is 19.3 Å². The van der Waals surface area contributed by atoms with Crippen LogP contribution in [-0.2, 0) is 9.53 Å². The van der Waals surface area contributed by atoms with Gasteiger partial charge in [-0.2, -0.15) is 0 Å². The first-order valence-corrected chi connectivity index (χ1v) is 6.97. The molecule has 1 amide bonds. The minimum atomic E-state index is -0.404. The van der Waals surface area contributed by atoms with E-state index in [9.17, 15) is 9.59 Å². The molecule has 2 N–H and O–H groups in total. The maximum atomic E-state index is 12.6. The summed E-state index contributed by atoms with van der Waals surface area (Å²) in [5, 5.41) is 0. The van der Waals surface area contributed by atoms with Gasteiger partial charge in [-0.05, 0) is 38.0 Å². The number of esters is 1. The Morgan fingerprint density at radius 1 is 1.38 bits per heavy atom. The number of hydrogen-bond acceptors (Lipinski definition) is 5. The van der Waals surface area contributed by atoms with Gasteiger partial charge in [0.2, 0.25) is 0 Å². The fourth-order valence-electron chi connectivity index (χ4n) is 2.10. The highest BCUT2D eigenvalue weighted by Crippen LogP contribution is 2.30. The van der Waals surface area contributed by atoms with Gasteiger partial charge < -0.3 is 20.1 Å². The van der Waals surface area contributed by atoms with Crippen LogP contribution >= 0.6 is 0 Å². The Bertz CT molecular complexity index is 540. The lowest BCUT2D eigenvalue weighted by molar-refractivity contribution is -0.144. The monoisotopic (exact) mass is 292 g/mol. The Labute approximate surface area is 123 Å². The number of carbonyl (C=O) groups excluding carboxylic acids is 2. The number of nitrogen functional groups attached to an aromatic ring is 1. The van der Waals surface area contributed by atoms with E-state index in [0.29, 0.717) is 23.6 Å². The van der Waals surface area contributed by atoms with Crippen molar-refractivity contribution in [2.75, 3.05) is 26.0 Å². The Morgan fingerprint density at radius 2 is 2.10 bits per heavy atom. The van der Waals surface area contributed by atoms with E-state index in [2.05, 4.69) is 0 Å². The number of hydrogen-bond donors (Lipinski definition) is 1. The van der Waals surface area contributed by atoms with Crippen LogP contribution in [0, 0.1) is 0 Å². The summed E-state index contributed by atoms with van der Waals surface area (Å²) >= 11 is 0. The molecule has 1 aliphatic carbocycles. The maximum Gasteiger partial charge on any atom is 0.325 e. The molecule has 6 nitrogen and oxygen atoms in total. The predicted molar refractivity (Wildman–Crippen MR) is 78.1 cm³/mol. The van der Waals surface area contributed by atoms with Crippen LogP contribution in [0.4, 0.5) is 5.69 Å². The first-order chi connectivity index (χ1) is 10.1. The third kappa shape index (κ3) is 3.65. The predicted octanol–water partition coefficient (Wildman–Crippen LogP) is 1.45. The molecule has 0 aromatic heterocycles. The average Bonchev–Trinajstić information content (AvgIpc) is 3.29. The van der Waals surface area contributed by atoms with E-state index < -0.39 is 5.97 Å². The normalized spacial score (nSPS) is 13.6. The summed E-state index contributed by atoms with van der Waals surface area (Å²) in [5.41, 5.74) is 6.60. The summed E-state index contributed by atoms with van der Waals surface area (Å²) in [4.78, 5) is 25.8. The topological polar surface area (TPSA) is 81.9 Å². The largest absolute Gasteiger partial charge is 0.497 e. The van der Waals surface area contributed by atoms with Crippen LogP contribution in [0.2, 0.25) is 0 Å². The van der Waals surface area contributed by atoms with E-state index >= 15 is 0 Å². The maximum absolute atomic E-state index is 12.6. The molecule has 0 heterocycles. The number of anilines is 1. The standard InChI is InChI=1S/C15H20N2O4/c1-3-21-14(18)9-17(10-4-5-10)15(19)12-8-11(20-2)6-7-13(12)16/h6-8,10H,3-5,9,16H2,1-2H3. The quantitative estimate of drug-likeness (QED) is 0.634. The van der Waals surface area contributed by atoms with Crippen molar-refractivity contribution in [3.05, 3.63) is 23.8 Å². The highest BCUT2D eigenvalue weighted by atomic mass is 16.5. The summed E-state index contributed by atoms with van der Waals surface area (Å²) in [6, 6.07) is 5.01. The van der Waals surface area contributed by atoms with E-state index in [1.165, 1.54) is 12.0 Å². The second-order valence-electron chi connectivity index (χ2n) is 4.92. The second kappa shape index (κ2) is 6.47. The third-order valence-electron chi connectivity index (χ3n) is 3.34. The molecule has 1 aromatic carbocycles. The molecule has 0 radical (unpaired) electrons. The van der Waals surface area contributed by atoms with Crippen LogP contribution < -0.4 is 10.5 Å². The molecule has 1 aliphatic rings. The lowest BCUT2D eigenvalue weighted by Crippen LogP contribution is -2.38. The molecule has 1 fully saturated rings. The number of carbonyl (C=O) groups is 2. The first-order valence-electron chi connectivity index (χ1n) is 6.97. The molecule has 0 aliphatic heterocycles. The number of nitrogens with two attached hydrogens (primary N) is 1. The van der Waals surface area contributed by atoms with Crippen molar-refractivity contribution in [3.8, 4) is 5.75 Å². The summed E-state index contributed by atoms with van der Waals surface area (Å²) in [6.07, 6.45) is 1.80. The van der Waals surface area contributed by atoms with Crippen LogP contribution in [0.25, 0.3) is 0 Å². The summed E-state index contributed by atoms with van der Waals surface area (Å²) in [6.45, 7) is 1.99. The Kier molecular flexibility index (Phi) is 4.67. The molecule has 0 atom stereocenters. The van der Waals surface area contributed by atoms with Gasteiger partial charge in [0.1, 0.15) is 12.3 Å². The summed E-state index contributed by atoms with van der Waals surface area (Å²) in [7, 11) is 1.52. The van der Waals surface area contributed by atoms with E-state index in [-0.39, 0.29) is 18.5 Å². The molecule has 21 heavy (non-hydrogen) atoms. The van der Waals surface area contributed by atoms with Crippen molar-refractivity contribution in [3.63, 3.8) is 0 Å². The molecule has 114 valence electrons. The van der Waals surface area contributed by atoms with Gasteiger partial charge in [-0.3, -0.25) is 9.59 Å². The van der Waals surface area contributed by atoms with Crippen molar-refractivity contribution >= 4 is 17.6 Å². The van der Waals surface area contributed by atoms with Crippen molar-refractivity contribution in [1.82, 2.24) is 4.90 Å². The van der Waals surface area contributed by atoms with Gasteiger partial charge in [-0.1, -0.05) is 0 Å². The third-order valence-corrected chi connectivity index (χ3v) is 3.34. The number of methoxy groups -OCH3 is 1. The molecule has 0 unspecified atom stereocenters. The zero-order valence-corrected chi connectivity index (χ0v) is 12.3. The Balaban J connectivity index is 2.20. The second-order valence-corrected chi connectivity index (χ2v) is 4.92. The molecule has 0 spiro atoms. The van der Waals surface area contributed by atoms with Crippen molar-refractivity contribution < 1.29 is 19.1 Å². The van der Waals surface area contributed by atoms with Crippen LogP contribution in [0.3, 0.4) is 0 Å². The minimum absolute atomic E-state index is 0.0476. The van der Waals surface area contributed by atoms with Crippen LogP contribution in [0.15, 0.2) is 18.2 Å². The van der Waals surface area contributed by atoms with Gasteiger partial charge >= 0.3 is 5.97 Å². The summed E-state index contributed by atoms with van der Waals surface area (Å²) < 4.78 is 10.0. The minimum Gasteiger partial charge on any atom is -0.497 e. The zero-order chi connectivity index (χ0) is 15.4. The number of ether oxygens (including phenoxy) is 2. The molecule has 2 rings (SSSR count). The van der Waals surface area contributed by atoms with E-state index in [1.54, 1.807) is 25.1 Å². The van der Waals surface area contributed by atoms with Crippen molar-refractivity contribution in [2.45, 2.75) is 25.8 Å². The van der Waals surface area contributed by atoms with Crippen LogP contribution in [0.5, 0.6) is 5.75 Å². The molecule has 0 saturated heterocycles. The van der Waals surface area contributed by atoms with E-state index in [4.69, 9.17) is 15.2 Å². The lowest BCUT2D eigenvalue weighted by Gasteiger charge is -2.22. The average molecular weight is 292 g/mol. The first kappa shape index (κ1) is 15.2. The number of nitrogens with zero attached hydrogens (tertiary/aromatic N) is 1. The molecule has 6 heteroatoms. The van der Waals surface area contributed by atoms with Crippen LogP contribution in [-0.4, -0.2) is 43.1 Å². The van der Waals surface area contributed by atoms with Crippen molar-refractivity contribution in [1.29, 1.82) is 0 Å². The SMILES string of the molecule is CCOC(=O)CN(C(=O)c1cc(OC)ccc1N)C1CC1. The molecular weight excluding hydrogens is 272 g/mol. The smallest absolute Gasteiger partial charge is 0.325 e. The van der Waals surface area contributed by atoms with Gasteiger partial charge in [0, 0.05) is 11.7 Å². The Morgan fingerprint density at radius 3 is 2.67 bits per heavy atom. The molecule has 1 aromatic rings. The zero-order valence-electron chi connectivity index (χ0n) is 12.3. The molecule has 0 bridgehead atoms. The number of benzene rings is 1. The molecular formula is C15H20N2O4. The van der Waals surface area contributed by atoms with E-state index in [1.807, 2.05) is 0 Å².